The van der Waals surface area contributed by atoms with Crippen LogP contribution >= 0.6 is 0 Å². The number of H-pyrrole nitrogens is 1. The molecule has 154 valence electrons. The van der Waals surface area contributed by atoms with Crippen molar-refractivity contribution in [1.29, 1.82) is 0 Å². The van der Waals surface area contributed by atoms with Crippen molar-refractivity contribution in [2.75, 3.05) is 0 Å². The summed E-state index contributed by atoms with van der Waals surface area (Å²) in [5.41, 5.74) is 6.56. The number of nitrogens with zero attached hydrogens (tertiary/aromatic N) is 1. The maximum atomic E-state index is 10.9. The lowest BCUT2D eigenvalue weighted by molar-refractivity contribution is 0.104. The number of aromatic amines is 1. The predicted molar refractivity (Wildman–Crippen MR) is 123 cm³/mol. The second kappa shape index (κ2) is 8.25. The summed E-state index contributed by atoms with van der Waals surface area (Å²) >= 11 is 0. The second-order valence-electron chi connectivity index (χ2n) is 8.58. The van der Waals surface area contributed by atoms with E-state index in [1.165, 1.54) is 33.3 Å². The molecule has 0 saturated heterocycles. The Morgan fingerprint density at radius 3 is 2.70 bits per heavy atom. The number of hydrogen-bond donors (Lipinski definition) is 2. The molecule has 5 rings (SSSR count). The maximum absolute atomic E-state index is 10.9. The molecule has 3 heterocycles. The highest BCUT2D eigenvalue weighted by molar-refractivity contribution is 5.85. The number of benzene rings is 2. The number of para-hydroxylation sites is 1. The van der Waals surface area contributed by atoms with Gasteiger partial charge in [-0.05, 0) is 48.4 Å². The van der Waals surface area contributed by atoms with E-state index in [1.807, 2.05) is 0 Å². The zero-order valence-corrected chi connectivity index (χ0v) is 17.6. The topological polar surface area (TPSA) is 39.3 Å². The molecule has 3 heteroatoms. The molecular weight excluding hydrogens is 368 g/mol. The molecule has 3 aromatic rings. The van der Waals surface area contributed by atoms with Gasteiger partial charge in [-0.1, -0.05) is 73.7 Å². The summed E-state index contributed by atoms with van der Waals surface area (Å²) in [5.74, 6) is 0. The summed E-state index contributed by atoms with van der Waals surface area (Å²) < 4.78 is 0. The SMILES string of the molecule is CC/C=C/CC(O)C1=C[C@@H]2Cc3c([nH]c4ccccc34)[C@H](C1)N2Cc1ccccc1. The highest BCUT2D eigenvalue weighted by Crippen LogP contribution is 2.45. The molecule has 2 bridgehead atoms. The largest absolute Gasteiger partial charge is 0.388 e. The number of allylic oxidation sites excluding steroid dienone is 1. The molecule has 0 fully saturated rings. The van der Waals surface area contributed by atoms with E-state index >= 15 is 0 Å². The fourth-order valence-electron chi connectivity index (χ4n) is 5.17. The van der Waals surface area contributed by atoms with Crippen molar-refractivity contribution in [3.63, 3.8) is 0 Å². The molecule has 2 N–H and O–H groups in total. The van der Waals surface area contributed by atoms with E-state index in [2.05, 4.69) is 89.6 Å². The first-order valence-electron chi connectivity index (χ1n) is 11.2. The van der Waals surface area contributed by atoms with E-state index in [9.17, 15) is 5.11 Å². The molecule has 0 amide bonds. The zero-order chi connectivity index (χ0) is 20.5. The Kier molecular flexibility index (Phi) is 5.32. The van der Waals surface area contributed by atoms with E-state index in [1.54, 1.807) is 0 Å². The van der Waals surface area contributed by atoms with E-state index in [4.69, 9.17) is 0 Å². The molecule has 0 aliphatic carbocycles. The first kappa shape index (κ1) is 19.3. The zero-order valence-electron chi connectivity index (χ0n) is 17.6. The highest BCUT2D eigenvalue weighted by atomic mass is 16.3. The molecule has 2 aliphatic heterocycles. The summed E-state index contributed by atoms with van der Waals surface area (Å²) in [4.78, 5) is 6.35. The van der Waals surface area contributed by atoms with Gasteiger partial charge in [-0.25, -0.2) is 0 Å². The molecule has 1 aromatic heterocycles. The number of aliphatic hydroxyl groups excluding tert-OH is 1. The van der Waals surface area contributed by atoms with Crippen molar-refractivity contribution in [3.05, 3.63) is 95.2 Å². The molecule has 0 saturated carbocycles. The summed E-state index contributed by atoms with van der Waals surface area (Å²) in [6.07, 6.45) is 9.82. The molecule has 3 atom stereocenters. The van der Waals surface area contributed by atoms with Gasteiger partial charge >= 0.3 is 0 Å². The van der Waals surface area contributed by atoms with Gasteiger partial charge < -0.3 is 10.1 Å². The Morgan fingerprint density at radius 2 is 1.87 bits per heavy atom. The van der Waals surface area contributed by atoms with E-state index in [-0.39, 0.29) is 12.1 Å². The van der Waals surface area contributed by atoms with Gasteiger partial charge in [-0.15, -0.1) is 0 Å². The first-order valence-corrected chi connectivity index (χ1v) is 11.2. The number of aromatic nitrogens is 1. The first-order chi connectivity index (χ1) is 14.7. The van der Waals surface area contributed by atoms with Gasteiger partial charge in [0.2, 0.25) is 0 Å². The summed E-state index contributed by atoms with van der Waals surface area (Å²) in [6.45, 7) is 3.06. The van der Waals surface area contributed by atoms with Crippen LogP contribution in [0.3, 0.4) is 0 Å². The van der Waals surface area contributed by atoms with Crippen LogP contribution in [0.4, 0.5) is 0 Å². The third-order valence-corrected chi connectivity index (χ3v) is 6.65. The van der Waals surface area contributed by atoms with Crippen LogP contribution in [-0.4, -0.2) is 27.1 Å². The fraction of sp³-hybridized carbons (Fsp3) is 0.333. The van der Waals surface area contributed by atoms with Gasteiger partial charge in [-0.3, -0.25) is 4.90 Å². The number of hydrogen-bond acceptors (Lipinski definition) is 2. The van der Waals surface area contributed by atoms with Crippen molar-refractivity contribution >= 4 is 10.9 Å². The van der Waals surface area contributed by atoms with E-state index in [0.717, 1.165) is 25.8 Å². The lowest BCUT2D eigenvalue weighted by atomic mass is 9.81. The van der Waals surface area contributed by atoms with Crippen LogP contribution in [0.1, 0.15) is 49.0 Å². The van der Waals surface area contributed by atoms with Crippen LogP contribution in [0.25, 0.3) is 10.9 Å². The molecule has 0 spiro atoms. The quantitative estimate of drug-likeness (QED) is 0.524. The normalized spacial score (nSPS) is 22.3. The molecule has 30 heavy (non-hydrogen) atoms. The minimum atomic E-state index is -0.386. The summed E-state index contributed by atoms with van der Waals surface area (Å²) in [7, 11) is 0. The molecule has 1 unspecified atom stereocenters. The second-order valence-corrected chi connectivity index (χ2v) is 8.58. The van der Waals surface area contributed by atoms with Crippen LogP contribution in [0.2, 0.25) is 0 Å². The third kappa shape index (κ3) is 3.53. The molecular formula is C27H30N2O. The van der Waals surface area contributed by atoms with Gasteiger partial charge in [0.25, 0.3) is 0 Å². The molecule has 2 aromatic carbocycles. The van der Waals surface area contributed by atoms with Crippen molar-refractivity contribution in [1.82, 2.24) is 9.88 Å². The number of fused-ring (bicyclic) bond motifs is 6. The third-order valence-electron chi connectivity index (χ3n) is 6.65. The molecule has 3 nitrogen and oxygen atoms in total. The minimum absolute atomic E-state index is 0.274. The Hall–Kier alpha value is -2.62. The predicted octanol–water partition coefficient (Wildman–Crippen LogP) is 5.68. The highest BCUT2D eigenvalue weighted by Gasteiger charge is 2.40. The lowest BCUT2D eigenvalue weighted by Gasteiger charge is -2.45. The molecule has 0 radical (unpaired) electrons. The van der Waals surface area contributed by atoms with Crippen molar-refractivity contribution < 1.29 is 5.11 Å². The Labute approximate surface area is 178 Å². The Bertz CT molecular complexity index is 1080. The van der Waals surface area contributed by atoms with Crippen LogP contribution in [-0.2, 0) is 13.0 Å². The number of rotatable bonds is 6. The van der Waals surface area contributed by atoms with Crippen LogP contribution in [0, 0.1) is 0 Å². The number of aliphatic hydroxyl groups is 1. The minimum Gasteiger partial charge on any atom is -0.388 e. The standard InChI is InChI=1S/C27H30N2O/c1-2-3-5-14-26(30)20-15-21-17-23-22-12-8-9-13-24(22)28-27(23)25(16-20)29(21)18-19-10-6-4-7-11-19/h3-13,15,21,25-26,28,30H,2,14,16-18H2,1H3/b5-3+/t21-,25+,26?/m1/s1. The van der Waals surface area contributed by atoms with Gasteiger partial charge in [0.15, 0.2) is 0 Å². The lowest BCUT2D eigenvalue weighted by Crippen LogP contribution is -2.46. The Balaban J connectivity index is 1.51. The summed E-state index contributed by atoms with van der Waals surface area (Å²) in [6, 6.07) is 20.0. The van der Waals surface area contributed by atoms with Crippen LogP contribution in [0.5, 0.6) is 0 Å². The Morgan fingerprint density at radius 1 is 1.07 bits per heavy atom. The fourth-order valence-corrected chi connectivity index (χ4v) is 5.17. The maximum Gasteiger partial charge on any atom is 0.0785 e. The average molecular weight is 399 g/mol. The summed E-state index contributed by atoms with van der Waals surface area (Å²) in [5, 5.41) is 12.2. The monoisotopic (exact) mass is 398 g/mol. The van der Waals surface area contributed by atoms with E-state index < -0.39 is 0 Å². The molecule has 2 aliphatic rings. The van der Waals surface area contributed by atoms with E-state index in [0.29, 0.717) is 12.5 Å². The smallest absolute Gasteiger partial charge is 0.0785 e. The van der Waals surface area contributed by atoms with Crippen molar-refractivity contribution in [3.8, 4) is 0 Å². The van der Waals surface area contributed by atoms with Crippen LogP contribution in [0.15, 0.2) is 78.4 Å². The van der Waals surface area contributed by atoms with Crippen LogP contribution < -0.4 is 0 Å². The van der Waals surface area contributed by atoms with Crippen molar-refractivity contribution in [2.45, 2.75) is 57.3 Å². The number of nitrogens with one attached hydrogen (secondary N) is 1. The van der Waals surface area contributed by atoms with Gasteiger partial charge in [0.05, 0.1) is 12.1 Å². The van der Waals surface area contributed by atoms with Crippen molar-refractivity contribution in [2.24, 2.45) is 0 Å². The van der Waals surface area contributed by atoms with Gasteiger partial charge in [-0.2, -0.15) is 0 Å². The van der Waals surface area contributed by atoms with Gasteiger partial charge in [0, 0.05) is 29.2 Å². The van der Waals surface area contributed by atoms with Gasteiger partial charge in [0.1, 0.15) is 0 Å². The average Bonchev–Trinajstić information content (AvgIpc) is 3.13.